The van der Waals surface area contributed by atoms with Gasteiger partial charge in [0.1, 0.15) is 0 Å². The van der Waals surface area contributed by atoms with Gasteiger partial charge in [-0.2, -0.15) is 0 Å². The second kappa shape index (κ2) is 4.40. The van der Waals surface area contributed by atoms with Crippen molar-refractivity contribution in [2.24, 2.45) is 0 Å². The van der Waals surface area contributed by atoms with Crippen LogP contribution < -0.4 is 0 Å². The number of fused-ring (bicyclic) bond motifs is 1. The van der Waals surface area contributed by atoms with E-state index in [2.05, 4.69) is 18.8 Å². The molecule has 1 aliphatic carbocycles. The smallest absolute Gasteiger partial charge is 0.0404 e. The van der Waals surface area contributed by atoms with E-state index in [0.29, 0.717) is 0 Å². The predicted molar refractivity (Wildman–Crippen MR) is 57.1 cm³/mol. The number of hydrogen-bond donors (Lipinski definition) is 0. The molecule has 72 valence electrons. The lowest BCUT2D eigenvalue weighted by atomic mass is 10.1. The molecule has 1 aromatic heterocycles. The molecular weight excluding hydrogens is 158 g/mol. The zero-order valence-electron chi connectivity index (χ0n) is 9.15. The van der Waals surface area contributed by atoms with Gasteiger partial charge < -0.3 is 0 Å². The van der Waals surface area contributed by atoms with Crippen LogP contribution in [0.15, 0.2) is 6.20 Å². The molecule has 0 radical (unpaired) electrons. The Morgan fingerprint density at radius 1 is 1.15 bits per heavy atom. The molecule has 13 heavy (non-hydrogen) atoms. The zero-order chi connectivity index (χ0) is 9.84. The Hall–Kier alpha value is -0.850. The van der Waals surface area contributed by atoms with Crippen LogP contribution in [-0.4, -0.2) is 4.98 Å². The lowest BCUT2D eigenvalue weighted by molar-refractivity contribution is 0.909. The summed E-state index contributed by atoms with van der Waals surface area (Å²) < 4.78 is 0. The molecule has 1 aromatic rings. The van der Waals surface area contributed by atoms with Gasteiger partial charge in [0.25, 0.3) is 0 Å². The zero-order valence-corrected chi connectivity index (χ0v) is 9.15. The average molecular weight is 177 g/mol. The first kappa shape index (κ1) is 10.2. The Kier molecular flexibility index (Phi) is 3.47. The van der Waals surface area contributed by atoms with Gasteiger partial charge in [0.2, 0.25) is 0 Å². The third kappa shape index (κ3) is 1.90. The maximum absolute atomic E-state index is 4.35. The minimum atomic E-state index is 1.20. The van der Waals surface area contributed by atoms with Gasteiger partial charge in [-0.3, -0.25) is 4.98 Å². The summed E-state index contributed by atoms with van der Waals surface area (Å²) in [7, 11) is 0. The summed E-state index contributed by atoms with van der Waals surface area (Å²) in [6, 6.07) is 0. The van der Waals surface area contributed by atoms with Gasteiger partial charge in [-0.15, -0.1) is 0 Å². The summed E-state index contributed by atoms with van der Waals surface area (Å²) in [6.07, 6.45) is 5.87. The first-order chi connectivity index (χ1) is 6.29. The standard InChI is InChI=1S/C10H13N.C2H6/c1-7-8(2)11-6-9-4-3-5-10(7)9;1-2/h6H,3-5H2,1-2H3;1-2H3. The molecule has 0 spiro atoms. The van der Waals surface area contributed by atoms with Crippen molar-refractivity contribution < 1.29 is 0 Å². The first-order valence-electron chi connectivity index (χ1n) is 5.23. The fourth-order valence-corrected chi connectivity index (χ4v) is 1.83. The van der Waals surface area contributed by atoms with Crippen molar-refractivity contribution >= 4 is 0 Å². The average Bonchev–Trinajstić information content (AvgIpc) is 2.63. The fraction of sp³-hybridized carbons (Fsp3) is 0.583. The molecule has 0 bridgehead atoms. The molecule has 0 aliphatic heterocycles. The van der Waals surface area contributed by atoms with E-state index in [4.69, 9.17) is 0 Å². The summed E-state index contributed by atoms with van der Waals surface area (Å²) in [5.41, 5.74) is 5.66. The van der Waals surface area contributed by atoms with Crippen LogP contribution in [0.2, 0.25) is 0 Å². The molecule has 0 saturated heterocycles. The topological polar surface area (TPSA) is 12.9 Å². The molecule has 0 fully saturated rings. The molecule has 1 heterocycles. The number of rotatable bonds is 0. The maximum Gasteiger partial charge on any atom is 0.0404 e. The van der Waals surface area contributed by atoms with Crippen LogP contribution in [0, 0.1) is 13.8 Å². The van der Waals surface area contributed by atoms with Crippen molar-refractivity contribution in [3.8, 4) is 0 Å². The van der Waals surface area contributed by atoms with Crippen LogP contribution in [0.1, 0.15) is 42.7 Å². The number of aromatic nitrogens is 1. The number of hydrogen-bond acceptors (Lipinski definition) is 1. The van der Waals surface area contributed by atoms with E-state index in [1.165, 1.54) is 36.1 Å². The first-order valence-corrected chi connectivity index (χ1v) is 5.23. The van der Waals surface area contributed by atoms with Crippen LogP contribution in [0.3, 0.4) is 0 Å². The Morgan fingerprint density at radius 2 is 1.85 bits per heavy atom. The van der Waals surface area contributed by atoms with Crippen LogP contribution >= 0.6 is 0 Å². The molecule has 0 atom stereocenters. The van der Waals surface area contributed by atoms with E-state index in [0.717, 1.165) is 0 Å². The van der Waals surface area contributed by atoms with Gasteiger partial charge in [0.15, 0.2) is 0 Å². The van der Waals surface area contributed by atoms with E-state index >= 15 is 0 Å². The highest BCUT2D eigenvalue weighted by Crippen LogP contribution is 2.25. The minimum absolute atomic E-state index is 1.20. The van der Waals surface area contributed by atoms with E-state index in [9.17, 15) is 0 Å². The molecule has 0 N–H and O–H groups in total. The van der Waals surface area contributed by atoms with Gasteiger partial charge >= 0.3 is 0 Å². The summed E-state index contributed by atoms with van der Waals surface area (Å²) >= 11 is 0. The summed E-state index contributed by atoms with van der Waals surface area (Å²) in [6.45, 7) is 8.28. The van der Waals surface area contributed by atoms with Crippen molar-refractivity contribution in [2.45, 2.75) is 47.0 Å². The molecule has 0 saturated carbocycles. The van der Waals surface area contributed by atoms with Crippen LogP contribution in [0.4, 0.5) is 0 Å². The summed E-state index contributed by atoms with van der Waals surface area (Å²) in [4.78, 5) is 4.35. The molecule has 2 rings (SSSR count). The molecular formula is C12H19N. The highest BCUT2D eigenvalue weighted by atomic mass is 14.7. The van der Waals surface area contributed by atoms with Gasteiger partial charge in [-0.1, -0.05) is 13.8 Å². The van der Waals surface area contributed by atoms with E-state index < -0.39 is 0 Å². The summed E-state index contributed by atoms with van der Waals surface area (Å²) in [5.74, 6) is 0. The SMILES string of the molecule is CC.Cc1ncc2c(c1C)CCC2. The normalized spacial score (nSPS) is 13.2. The third-order valence-corrected chi connectivity index (χ3v) is 2.67. The number of aryl methyl sites for hydroxylation is 2. The number of nitrogens with zero attached hydrogens (tertiary/aromatic N) is 1. The van der Waals surface area contributed by atoms with Crippen LogP contribution in [0.25, 0.3) is 0 Å². The Labute approximate surface area is 81.2 Å². The van der Waals surface area contributed by atoms with Crippen molar-refractivity contribution in [1.29, 1.82) is 0 Å². The lowest BCUT2D eigenvalue weighted by Gasteiger charge is -2.04. The van der Waals surface area contributed by atoms with E-state index in [1.54, 1.807) is 5.56 Å². The van der Waals surface area contributed by atoms with E-state index in [-0.39, 0.29) is 0 Å². The van der Waals surface area contributed by atoms with Crippen LogP contribution in [-0.2, 0) is 12.8 Å². The third-order valence-electron chi connectivity index (χ3n) is 2.67. The van der Waals surface area contributed by atoms with Gasteiger partial charge in [0.05, 0.1) is 0 Å². The van der Waals surface area contributed by atoms with Crippen LogP contribution in [0.5, 0.6) is 0 Å². The number of pyridine rings is 1. The lowest BCUT2D eigenvalue weighted by Crippen LogP contribution is -1.93. The Bertz CT molecular complexity index is 289. The molecule has 1 aliphatic rings. The predicted octanol–water partition coefficient (Wildman–Crippen LogP) is 3.21. The Morgan fingerprint density at radius 3 is 2.54 bits per heavy atom. The molecule has 1 heteroatoms. The molecule has 0 unspecified atom stereocenters. The Balaban J connectivity index is 0.000000396. The van der Waals surface area contributed by atoms with Gasteiger partial charge in [0, 0.05) is 11.9 Å². The fourth-order valence-electron chi connectivity index (χ4n) is 1.83. The largest absolute Gasteiger partial charge is 0.261 e. The quantitative estimate of drug-likeness (QED) is 0.593. The molecule has 1 nitrogen and oxygen atoms in total. The minimum Gasteiger partial charge on any atom is -0.261 e. The van der Waals surface area contributed by atoms with Crippen molar-refractivity contribution in [1.82, 2.24) is 4.98 Å². The van der Waals surface area contributed by atoms with Crippen molar-refractivity contribution in [2.75, 3.05) is 0 Å². The van der Waals surface area contributed by atoms with Gasteiger partial charge in [-0.05, 0) is 49.8 Å². The summed E-state index contributed by atoms with van der Waals surface area (Å²) in [5, 5.41) is 0. The monoisotopic (exact) mass is 177 g/mol. The van der Waals surface area contributed by atoms with Gasteiger partial charge in [-0.25, -0.2) is 0 Å². The highest BCUT2D eigenvalue weighted by Gasteiger charge is 2.13. The van der Waals surface area contributed by atoms with Crippen molar-refractivity contribution in [3.05, 3.63) is 28.6 Å². The highest BCUT2D eigenvalue weighted by molar-refractivity contribution is 5.37. The molecule has 0 aromatic carbocycles. The van der Waals surface area contributed by atoms with E-state index in [1.807, 2.05) is 20.0 Å². The second-order valence-electron chi connectivity index (χ2n) is 3.33. The maximum atomic E-state index is 4.35. The molecule has 0 amide bonds. The second-order valence-corrected chi connectivity index (χ2v) is 3.33. The van der Waals surface area contributed by atoms with Crippen molar-refractivity contribution in [3.63, 3.8) is 0 Å².